The summed E-state index contributed by atoms with van der Waals surface area (Å²) in [6, 6.07) is 12.5. The molecule has 0 bridgehead atoms. The first-order valence-corrected chi connectivity index (χ1v) is 9.51. The Morgan fingerprint density at radius 2 is 1.85 bits per heavy atom. The summed E-state index contributed by atoms with van der Waals surface area (Å²) in [5.74, 6) is 0.576. The maximum Gasteiger partial charge on any atom is 0.248 e. The second-order valence-electron chi connectivity index (χ2n) is 5.92. The standard InChI is InChI=1S/C21H23Cl2NO2/c1-2-3-4-5-14-26-19-11-9-18(10-12-19)24-21(25)13-7-16-6-8-17(22)15-20(16)23/h6-13,15H,2-5,14H2,1H3,(H,24,25)/b13-7+. The van der Waals surface area contributed by atoms with Crippen LogP contribution in [0.1, 0.15) is 38.2 Å². The van der Waals surface area contributed by atoms with Gasteiger partial charge in [0.25, 0.3) is 0 Å². The molecule has 0 heterocycles. The molecule has 0 aliphatic carbocycles. The molecule has 5 heteroatoms. The Balaban J connectivity index is 1.82. The highest BCUT2D eigenvalue weighted by atomic mass is 35.5. The van der Waals surface area contributed by atoms with E-state index >= 15 is 0 Å². The molecule has 2 aromatic rings. The minimum absolute atomic E-state index is 0.232. The second kappa shape index (κ2) is 10.9. The molecule has 26 heavy (non-hydrogen) atoms. The van der Waals surface area contributed by atoms with Crippen molar-refractivity contribution in [2.75, 3.05) is 11.9 Å². The van der Waals surface area contributed by atoms with Crippen molar-refractivity contribution in [3.05, 3.63) is 64.1 Å². The molecule has 0 spiro atoms. The van der Waals surface area contributed by atoms with Crippen LogP contribution in [-0.4, -0.2) is 12.5 Å². The summed E-state index contributed by atoms with van der Waals surface area (Å²) in [7, 11) is 0. The maximum absolute atomic E-state index is 12.0. The van der Waals surface area contributed by atoms with Crippen molar-refractivity contribution in [1.82, 2.24) is 0 Å². The molecule has 1 amide bonds. The molecule has 2 rings (SSSR count). The van der Waals surface area contributed by atoms with Crippen LogP contribution < -0.4 is 10.1 Å². The minimum atomic E-state index is -0.232. The zero-order valence-corrected chi connectivity index (χ0v) is 16.3. The van der Waals surface area contributed by atoms with Crippen molar-refractivity contribution in [2.24, 2.45) is 0 Å². The average Bonchev–Trinajstić information content (AvgIpc) is 2.62. The van der Waals surface area contributed by atoms with Gasteiger partial charge in [0.05, 0.1) is 6.61 Å². The van der Waals surface area contributed by atoms with Crippen molar-refractivity contribution in [2.45, 2.75) is 32.6 Å². The summed E-state index contributed by atoms with van der Waals surface area (Å²) in [5, 5.41) is 3.87. The number of halogens is 2. The summed E-state index contributed by atoms with van der Waals surface area (Å²) in [6.45, 7) is 2.91. The quantitative estimate of drug-likeness (QED) is 0.385. The molecule has 2 aromatic carbocycles. The number of nitrogens with one attached hydrogen (secondary N) is 1. The predicted octanol–water partition coefficient (Wildman–Crippen LogP) is 6.60. The zero-order chi connectivity index (χ0) is 18.8. The van der Waals surface area contributed by atoms with Crippen molar-refractivity contribution in [1.29, 1.82) is 0 Å². The molecule has 0 saturated carbocycles. The van der Waals surface area contributed by atoms with Crippen LogP contribution >= 0.6 is 23.2 Å². The van der Waals surface area contributed by atoms with E-state index in [2.05, 4.69) is 12.2 Å². The summed E-state index contributed by atoms with van der Waals surface area (Å²) < 4.78 is 5.69. The molecule has 0 aromatic heterocycles. The molecule has 0 radical (unpaired) electrons. The molecule has 0 unspecified atom stereocenters. The Morgan fingerprint density at radius 1 is 1.08 bits per heavy atom. The lowest BCUT2D eigenvalue weighted by Crippen LogP contribution is -2.07. The van der Waals surface area contributed by atoms with Gasteiger partial charge < -0.3 is 10.1 Å². The van der Waals surface area contributed by atoms with Crippen LogP contribution in [-0.2, 0) is 4.79 Å². The molecule has 0 fully saturated rings. The first-order chi connectivity index (χ1) is 12.6. The molecule has 1 N–H and O–H groups in total. The number of ether oxygens (including phenoxy) is 1. The van der Waals surface area contributed by atoms with Crippen molar-refractivity contribution in [3.63, 3.8) is 0 Å². The molecule has 0 saturated heterocycles. The first kappa shape index (κ1) is 20.3. The van der Waals surface area contributed by atoms with Gasteiger partial charge in [0, 0.05) is 21.8 Å². The van der Waals surface area contributed by atoms with Gasteiger partial charge in [-0.15, -0.1) is 0 Å². The fourth-order valence-corrected chi connectivity index (χ4v) is 2.81. The van der Waals surface area contributed by atoms with E-state index in [0.29, 0.717) is 15.7 Å². The molecule has 0 atom stereocenters. The number of amides is 1. The van der Waals surface area contributed by atoms with Gasteiger partial charge in [0.1, 0.15) is 5.75 Å². The predicted molar refractivity (Wildman–Crippen MR) is 110 cm³/mol. The fourth-order valence-electron chi connectivity index (χ4n) is 2.34. The normalized spacial score (nSPS) is 10.9. The highest BCUT2D eigenvalue weighted by molar-refractivity contribution is 6.35. The van der Waals surface area contributed by atoms with E-state index in [1.54, 1.807) is 24.3 Å². The largest absolute Gasteiger partial charge is 0.494 e. The van der Waals surface area contributed by atoms with Crippen LogP contribution in [0.25, 0.3) is 6.08 Å². The second-order valence-corrected chi connectivity index (χ2v) is 6.77. The van der Waals surface area contributed by atoms with Gasteiger partial charge in [-0.05, 0) is 54.5 Å². The van der Waals surface area contributed by atoms with E-state index in [-0.39, 0.29) is 5.91 Å². The van der Waals surface area contributed by atoms with Gasteiger partial charge >= 0.3 is 0 Å². The van der Waals surface area contributed by atoms with E-state index < -0.39 is 0 Å². The lowest BCUT2D eigenvalue weighted by molar-refractivity contribution is -0.111. The molecule has 3 nitrogen and oxygen atoms in total. The first-order valence-electron chi connectivity index (χ1n) is 8.75. The summed E-state index contributed by atoms with van der Waals surface area (Å²) >= 11 is 11.9. The van der Waals surface area contributed by atoms with Gasteiger partial charge in [-0.25, -0.2) is 0 Å². The molecule has 138 valence electrons. The molecular weight excluding hydrogens is 369 g/mol. The summed E-state index contributed by atoms with van der Waals surface area (Å²) in [6.07, 6.45) is 7.80. The zero-order valence-electron chi connectivity index (χ0n) is 14.8. The summed E-state index contributed by atoms with van der Waals surface area (Å²) in [4.78, 5) is 12.0. The topological polar surface area (TPSA) is 38.3 Å². The van der Waals surface area contributed by atoms with Gasteiger partial charge in [-0.1, -0.05) is 55.5 Å². The number of rotatable bonds is 9. The number of carbonyl (C=O) groups excluding carboxylic acids is 1. The van der Waals surface area contributed by atoms with E-state index in [0.717, 1.165) is 24.3 Å². The van der Waals surface area contributed by atoms with Gasteiger partial charge in [0.2, 0.25) is 5.91 Å². The number of carbonyl (C=O) groups is 1. The van der Waals surface area contributed by atoms with Crippen molar-refractivity contribution >= 4 is 40.9 Å². The van der Waals surface area contributed by atoms with E-state index in [1.807, 2.05) is 24.3 Å². The number of hydrogen-bond donors (Lipinski definition) is 1. The van der Waals surface area contributed by atoms with E-state index in [1.165, 1.54) is 25.3 Å². The van der Waals surface area contributed by atoms with Crippen LogP contribution in [0.15, 0.2) is 48.5 Å². The van der Waals surface area contributed by atoms with E-state index in [4.69, 9.17) is 27.9 Å². The van der Waals surface area contributed by atoms with Gasteiger partial charge in [-0.3, -0.25) is 4.79 Å². The summed E-state index contributed by atoms with van der Waals surface area (Å²) in [5.41, 5.74) is 1.44. The number of unbranched alkanes of at least 4 members (excludes halogenated alkanes) is 3. The Morgan fingerprint density at radius 3 is 2.54 bits per heavy atom. The smallest absolute Gasteiger partial charge is 0.248 e. The van der Waals surface area contributed by atoms with Crippen molar-refractivity contribution < 1.29 is 9.53 Å². The van der Waals surface area contributed by atoms with Crippen LogP contribution in [0.5, 0.6) is 5.75 Å². The van der Waals surface area contributed by atoms with Gasteiger partial charge in [0.15, 0.2) is 0 Å². The lowest BCUT2D eigenvalue weighted by atomic mass is 10.2. The Bertz CT molecular complexity index is 742. The SMILES string of the molecule is CCCCCCOc1ccc(NC(=O)/C=C/c2ccc(Cl)cc2Cl)cc1. The fraction of sp³-hybridized carbons (Fsp3) is 0.286. The average molecular weight is 392 g/mol. The molecule has 0 aliphatic heterocycles. The van der Waals surface area contributed by atoms with Crippen LogP contribution in [0.3, 0.4) is 0 Å². The lowest BCUT2D eigenvalue weighted by Gasteiger charge is -2.07. The highest BCUT2D eigenvalue weighted by Crippen LogP contribution is 2.22. The number of anilines is 1. The van der Waals surface area contributed by atoms with Crippen LogP contribution in [0.2, 0.25) is 10.0 Å². The van der Waals surface area contributed by atoms with Gasteiger partial charge in [-0.2, -0.15) is 0 Å². The molecular formula is C21H23Cl2NO2. The minimum Gasteiger partial charge on any atom is -0.494 e. The van der Waals surface area contributed by atoms with Crippen molar-refractivity contribution in [3.8, 4) is 5.75 Å². The number of benzene rings is 2. The van der Waals surface area contributed by atoms with Crippen LogP contribution in [0.4, 0.5) is 5.69 Å². The monoisotopic (exact) mass is 391 g/mol. The Kier molecular flexibility index (Phi) is 8.52. The van der Waals surface area contributed by atoms with E-state index in [9.17, 15) is 4.79 Å². The molecule has 0 aliphatic rings. The third-order valence-electron chi connectivity index (χ3n) is 3.77. The van der Waals surface area contributed by atoms with Crippen LogP contribution in [0, 0.1) is 0 Å². The third kappa shape index (κ3) is 7.11. The Labute approximate surface area is 165 Å². The number of hydrogen-bond acceptors (Lipinski definition) is 2. The third-order valence-corrected chi connectivity index (χ3v) is 4.33. The Hall–Kier alpha value is -1.97. The highest BCUT2D eigenvalue weighted by Gasteiger charge is 2.01. The maximum atomic E-state index is 12.0.